The molecule has 0 aliphatic heterocycles. The summed E-state index contributed by atoms with van der Waals surface area (Å²) < 4.78 is 7.62. The van der Waals surface area contributed by atoms with Crippen LogP contribution in [0.3, 0.4) is 0 Å². The molecule has 20 heavy (non-hydrogen) atoms. The molecule has 0 atom stereocenters. The quantitative estimate of drug-likeness (QED) is 0.651. The summed E-state index contributed by atoms with van der Waals surface area (Å²) in [6.07, 6.45) is 0.843. The zero-order chi connectivity index (χ0) is 14.5. The van der Waals surface area contributed by atoms with Crippen LogP contribution in [0.15, 0.2) is 24.3 Å². The fraction of sp³-hybridized carbons (Fsp3) is 0.357. The average Bonchev–Trinajstić information content (AvgIpc) is 2.73. The zero-order valence-electron chi connectivity index (χ0n) is 11.7. The van der Waals surface area contributed by atoms with Gasteiger partial charge in [0.05, 0.1) is 12.2 Å². The Morgan fingerprint density at radius 1 is 1.35 bits per heavy atom. The summed E-state index contributed by atoms with van der Waals surface area (Å²) in [6, 6.07) is 7.53. The maximum Gasteiger partial charge on any atom is 0.147 e. The number of benzene rings is 1. The Morgan fingerprint density at radius 3 is 2.75 bits per heavy atom. The third kappa shape index (κ3) is 3.54. The van der Waals surface area contributed by atoms with Gasteiger partial charge in [0, 0.05) is 13.0 Å². The van der Waals surface area contributed by atoms with E-state index in [1.807, 2.05) is 42.8 Å². The van der Waals surface area contributed by atoms with Gasteiger partial charge in [0.15, 0.2) is 0 Å². The Balaban J connectivity index is 1.88. The van der Waals surface area contributed by atoms with Gasteiger partial charge in [0.2, 0.25) is 0 Å². The molecule has 1 aromatic heterocycles. The fourth-order valence-electron chi connectivity index (χ4n) is 1.97. The molecule has 0 aliphatic carbocycles. The van der Waals surface area contributed by atoms with Crippen molar-refractivity contribution >= 4 is 17.2 Å². The topological polar surface area (TPSA) is 66.0 Å². The van der Waals surface area contributed by atoms with E-state index < -0.39 is 0 Å². The molecule has 0 fully saturated rings. The van der Waals surface area contributed by atoms with Crippen molar-refractivity contribution in [2.24, 2.45) is 5.73 Å². The summed E-state index contributed by atoms with van der Waals surface area (Å²) in [7, 11) is 0. The number of thiocarbonyl (C=S) groups is 1. The van der Waals surface area contributed by atoms with E-state index in [2.05, 4.69) is 10.1 Å². The van der Waals surface area contributed by atoms with Gasteiger partial charge in [-0.05, 0) is 26.0 Å². The highest BCUT2D eigenvalue weighted by Gasteiger charge is 2.06. The molecule has 0 saturated heterocycles. The Hall–Kier alpha value is -1.95. The second-order valence-electron chi connectivity index (χ2n) is 4.49. The first-order valence-corrected chi connectivity index (χ1v) is 6.88. The zero-order valence-corrected chi connectivity index (χ0v) is 12.5. The largest absolute Gasteiger partial charge is 0.493 e. The number of aryl methyl sites for hydroxylation is 3. The molecule has 0 spiro atoms. The first kappa shape index (κ1) is 14.5. The minimum absolute atomic E-state index is 0.350. The lowest BCUT2D eigenvalue weighted by Crippen LogP contribution is -2.13. The van der Waals surface area contributed by atoms with Crippen molar-refractivity contribution in [2.45, 2.75) is 26.8 Å². The third-order valence-electron chi connectivity index (χ3n) is 2.89. The van der Waals surface area contributed by atoms with Gasteiger partial charge in [-0.25, -0.2) is 9.67 Å². The number of para-hydroxylation sites is 1. The van der Waals surface area contributed by atoms with Gasteiger partial charge in [-0.2, -0.15) is 5.10 Å². The SMILES string of the molecule is Cc1nc(C)n(CCCOc2ccccc2C(N)=S)n1. The highest BCUT2D eigenvalue weighted by Crippen LogP contribution is 2.17. The number of nitrogens with zero attached hydrogens (tertiary/aromatic N) is 3. The van der Waals surface area contributed by atoms with Crippen LogP contribution in [0.25, 0.3) is 0 Å². The van der Waals surface area contributed by atoms with Crippen molar-refractivity contribution in [1.29, 1.82) is 0 Å². The summed E-state index contributed by atoms with van der Waals surface area (Å²) in [6.45, 7) is 5.20. The van der Waals surface area contributed by atoms with Crippen molar-refractivity contribution in [1.82, 2.24) is 14.8 Å². The fourth-order valence-corrected chi connectivity index (χ4v) is 2.13. The van der Waals surface area contributed by atoms with Crippen LogP contribution in [0.4, 0.5) is 0 Å². The Labute approximate surface area is 123 Å². The molecule has 5 nitrogen and oxygen atoms in total. The van der Waals surface area contributed by atoms with Gasteiger partial charge < -0.3 is 10.5 Å². The number of hydrogen-bond donors (Lipinski definition) is 1. The third-order valence-corrected chi connectivity index (χ3v) is 3.11. The van der Waals surface area contributed by atoms with Crippen LogP contribution in [-0.4, -0.2) is 26.4 Å². The number of hydrogen-bond acceptors (Lipinski definition) is 4. The molecule has 2 rings (SSSR count). The molecular formula is C14H18N4OS. The molecule has 2 aromatic rings. The minimum Gasteiger partial charge on any atom is -0.493 e. The molecule has 0 unspecified atom stereocenters. The van der Waals surface area contributed by atoms with Gasteiger partial charge >= 0.3 is 0 Å². The maximum atomic E-state index is 5.74. The van der Waals surface area contributed by atoms with Gasteiger partial charge in [-0.3, -0.25) is 0 Å². The van der Waals surface area contributed by atoms with E-state index in [0.29, 0.717) is 11.6 Å². The maximum absolute atomic E-state index is 5.74. The lowest BCUT2D eigenvalue weighted by atomic mass is 10.2. The Bertz CT molecular complexity index is 609. The van der Waals surface area contributed by atoms with E-state index in [-0.39, 0.29) is 0 Å². The van der Waals surface area contributed by atoms with Crippen LogP contribution in [0, 0.1) is 13.8 Å². The number of rotatable bonds is 6. The second-order valence-corrected chi connectivity index (χ2v) is 4.93. The van der Waals surface area contributed by atoms with E-state index in [1.165, 1.54) is 0 Å². The van der Waals surface area contributed by atoms with Crippen molar-refractivity contribution in [3.8, 4) is 5.75 Å². The molecule has 1 heterocycles. The molecule has 1 aromatic carbocycles. The summed E-state index contributed by atoms with van der Waals surface area (Å²) in [5.41, 5.74) is 6.43. The highest BCUT2D eigenvalue weighted by atomic mass is 32.1. The van der Waals surface area contributed by atoms with Crippen LogP contribution in [0.1, 0.15) is 23.6 Å². The van der Waals surface area contributed by atoms with Gasteiger partial charge in [-0.1, -0.05) is 24.4 Å². The monoisotopic (exact) mass is 290 g/mol. The van der Waals surface area contributed by atoms with E-state index >= 15 is 0 Å². The number of ether oxygens (including phenoxy) is 1. The van der Waals surface area contributed by atoms with Crippen molar-refractivity contribution in [3.05, 3.63) is 41.5 Å². The van der Waals surface area contributed by atoms with E-state index in [0.717, 1.165) is 35.9 Å². The van der Waals surface area contributed by atoms with Crippen molar-refractivity contribution in [3.63, 3.8) is 0 Å². The van der Waals surface area contributed by atoms with Gasteiger partial charge in [0.1, 0.15) is 22.4 Å². The Kier molecular flexibility index (Phi) is 4.68. The lowest BCUT2D eigenvalue weighted by Gasteiger charge is -2.10. The van der Waals surface area contributed by atoms with Crippen LogP contribution < -0.4 is 10.5 Å². The van der Waals surface area contributed by atoms with Gasteiger partial charge in [-0.15, -0.1) is 0 Å². The Morgan fingerprint density at radius 2 is 2.10 bits per heavy atom. The minimum atomic E-state index is 0.350. The molecule has 106 valence electrons. The normalized spacial score (nSPS) is 10.5. The summed E-state index contributed by atoms with van der Waals surface area (Å²) in [4.78, 5) is 4.61. The summed E-state index contributed by atoms with van der Waals surface area (Å²) >= 11 is 5.00. The molecule has 0 saturated carbocycles. The molecule has 2 N–H and O–H groups in total. The summed E-state index contributed by atoms with van der Waals surface area (Å²) in [5, 5.41) is 4.31. The molecule has 0 radical (unpaired) electrons. The van der Waals surface area contributed by atoms with Gasteiger partial charge in [0.25, 0.3) is 0 Å². The smallest absolute Gasteiger partial charge is 0.147 e. The summed E-state index contributed by atoms with van der Waals surface area (Å²) in [5.74, 6) is 2.44. The van der Waals surface area contributed by atoms with Crippen molar-refractivity contribution in [2.75, 3.05) is 6.61 Å². The average molecular weight is 290 g/mol. The first-order chi connectivity index (χ1) is 9.58. The van der Waals surface area contributed by atoms with E-state index in [4.69, 9.17) is 22.7 Å². The standard InChI is InChI=1S/C14H18N4OS/c1-10-16-11(2)18(17-10)8-5-9-19-13-7-4-3-6-12(13)14(15)20/h3-4,6-7H,5,8-9H2,1-2H3,(H2,15,20). The highest BCUT2D eigenvalue weighted by molar-refractivity contribution is 7.80. The molecule has 0 amide bonds. The van der Waals surface area contributed by atoms with Crippen LogP contribution in [0.2, 0.25) is 0 Å². The number of nitrogens with two attached hydrogens (primary N) is 1. The molecule has 6 heteroatoms. The molecular weight excluding hydrogens is 272 g/mol. The van der Waals surface area contributed by atoms with Crippen LogP contribution in [0.5, 0.6) is 5.75 Å². The van der Waals surface area contributed by atoms with E-state index in [9.17, 15) is 0 Å². The predicted molar refractivity (Wildman–Crippen MR) is 81.9 cm³/mol. The first-order valence-electron chi connectivity index (χ1n) is 6.47. The second kappa shape index (κ2) is 6.47. The predicted octanol–water partition coefficient (Wildman–Crippen LogP) is 2.00. The molecule has 0 bridgehead atoms. The lowest BCUT2D eigenvalue weighted by molar-refractivity contribution is 0.297. The van der Waals surface area contributed by atoms with E-state index in [1.54, 1.807) is 0 Å². The number of aromatic nitrogens is 3. The van der Waals surface area contributed by atoms with Crippen LogP contribution >= 0.6 is 12.2 Å². The van der Waals surface area contributed by atoms with Crippen molar-refractivity contribution < 1.29 is 4.74 Å². The van der Waals surface area contributed by atoms with Crippen LogP contribution in [-0.2, 0) is 6.54 Å². The molecule has 0 aliphatic rings.